The summed E-state index contributed by atoms with van der Waals surface area (Å²) in [6.07, 6.45) is 0.539. The van der Waals surface area contributed by atoms with E-state index in [0.29, 0.717) is 19.5 Å². The summed E-state index contributed by atoms with van der Waals surface area (Å²) in [6.45, 7) is 5.79. The molecule has 5 heteroatoms. The van der Waals surface area contributed by atoms with Gasteiger partial charge in [-0.05, 0) is 12.5 Å². The molecule has 1 atom stereocenters. The molecule has 1 aliphatic rings. The van der Waals surface area contributed by atoms with Gasteiger partial charge in [-0.2, -0.15) is 5.26 Å². The number of carbonyl (C=O) groups is 1. The van der Waals surface area contributed by atoms with E-state index < -0.39 is 6.04 Å². The van der Waals surface area contributed by atoms with Crippen LogP contribution in [0.4, 0.5) is 0 Å². The predicted molar refractivity (Wildman–Crippen MR) is 81.4 cm³/mol. The fourth-order valence-corrected chi connectivity index (χ4v) is 2.51. The number of nitrogens with zero attached hydrogens (tertiary/aromatic N) is 3. The zero-order valence-corrected chi connectivity index (χ0v) is 12.5. The molecule has 2 rings (SSSR count). The maximum Gasteiger partial charge on any atom is 0.244 e. The summed E-state index contributed by atoms with van der Waals surface area (Å²) in [5, 5.41) is 8.60. The van der Waals surface area contributed by atoms with Gasteiger partial charge in [-0.15, -0.1) is 0 Å². The van der Waals surface area contributed by atoms with Crippen molar-refractivity contribution in [3.8, 4) is 6.07 Å². The van der Waals surface area contributed by atoms with Gasteiger partial charge in [0.05, 0.1) is 6.07 Å². The van der Waals surface area contributed by atoms with Crippen LogP contribution >= 0.6 is 0 Å². The number of aryl methyl sites for hydroxylation is 1. The van der Waals surface area contributed by atoms with Crippen molar-refractivity contribution in [1.29, 1.82) is 5.26 Å². The number of nitriles is 1. The largest absolute Gasteiger partial charge is 0.338 e. The molecule has 0 aromatic heterocycles. The van der Waals surface area contributed by atoms with Crippen LogP contribution in [-0.4, -0.2) is 48.4 Å². The molecule has 112 valence electrons. The summed E-state index contributed by atoms with van der Waals surface area (Å²) >= 11 is 0. The van der Waals surface area contributed by atoms with Gasteiger partial charge in [-0.3, -0.25) is 9.69 Å². The van der Waals surface area contributed by atoms with Gasteiger partial charge in [0.1, 0.15) is 6.04 Å². The minimum absolute atomic E-state index is 0.0150. The molecule has 21 heavy (non-hydrogen) atoms. The first-order valence-corrected chi connectivity index (χ1v) is 7.32. The molecule has 1 fully saturated rings. The molecule has 1 unspecified atom stereocenters. The van der Waals surface area contributed by atoms with E-state index in [4.69, 9.17) is 11.0 Å². The normalized spacial score (nSPS) is 17.3. The van der Waals surface area contributed by atoms with Crippen LogP contribution in [0.2, 0.25) is 0 Å². The predicted octanol–water partition coefficient (Wildman–Crippen LogP) is 1.05. The summed E-state index contributed by atoms with van der Waals surface area (Å²) < 4.78 is 0. The highest BCUT2D eigenvalue weighted by molar-refractivity contribution is 5.83. The van der Waals surface area contributed by atoms with E-state index >= 15 is 0 Å². The van der Waals surface area contributed by atoms with Crippen LogP contribution in [0.1, 0.15) is 23.6 Å². The molecule has 0 radical (unpaired) electrons. The van der Waals surface area contributed by atoms with Gasteiger partial charge in [-0.1, -0.05) is 29.8 Å². The second-order valence-corrected chi connectivity index (χ2v) is 5.46. The van der Waals surface area contributed by atoms with Crippen LogP contribution < -0.4 is 5.73 Å². The third kappa shape index (κ3) is 4.03. The number of hydrogen-bond acceptors (Lipinski definition) is 4. The van der Waals surface area contributed by atoms with Gasteiger partial charge in [0, 0.05) is 39.1 Å². The topological polar surface area (TPSA) is 73.4 Å². The van der Waals surface area contributed by atoms with Crippen molar-refractivity contribution < 1.29 is 4.79 Å². The van der Waals surface area contributed by atoms with Crippen molar-refractivity contribution in [2.24, 2.45) is 5.73 Å². The smallest absolute Gasteiger partial charge is 0.244 e. The number of nitrogens with two attached hydrogens (primary N) is 1. The first-order valence-electron chi connectivity index (χ1n) is 7.32. The first-order chi connectivity index (χ1) is 10.1. The SMILES string of the molecule is Cc1ccc(C(N)C(=O)N2CCN(CCC#N)CC2)cc1. The quantitative estimate of drug-likeness (QED) is 0.898. The van der Waals surface area contributed by atoms with Crippen LogP contribution in [0.15, 0.2) is 24.3 Å². The Labute approximate surface area is 125 Å². The van der Waals surface area contributed by atoms with Crippen molar-refractivity contribution in [3.63, 3.8) is 0 Å². The average Bonchev–Trinajstić information content (AvgIpc) is 2.53. The average molecular weight is 286 g/mol. The number of rotatable bonds is 4. The third-order valence-electron chi connectivity index (χ3n) is 3.93. The lowest BCUT2D eigenvalue weighted by Gasteiger charge is -2.35. The van der Waals surface area contributed by atoms with E-state index in [1.165, 1.54) is 0 Å². The van der Waals surface area contributed by atoms with E-state index in [-0.39, 0.29) is 5.91 Å². The number of amides is 1. The molecule has 5 nitrogen and oxygen atoms in total. The lowest BCUT2D eigenvalue weighted by molar-refractivity contribution is -0.134. The summed E-state index contributed by atoms with van der Waals surface area (Å²) in [5.41, 5.74) is 8.10. The second kappa shape index (κ2) is 7.21. The number of hydrogen-bond donors (Lipinski definition) is 1. The van der Waals surface area contributed by atoms with Gasteiger partial charge in [0.25, 0.3) is 0 Å². The van der Waals surface area contributed by atoms with E-state index in [1.54, 1.807) is 0 Å². The Morgan fingerprint density at radius 1 is 1.29 bits per heavy atom. The van der Waals surface area contributed by atoms with E-state index in [0.717, 1.165) is 30.8 Å². The summed E-state index contributed by atoms with van der Waals surface area (Å²) in [5.74, 6) is -0.0150. The van der Waals surface area contributed by atoms with Crippen LogP contribution in [-0.2, 0) is 4.79 Å². The Morgan fingerprint density at radius 3 is 2.48 bits per heavy atom. The van der Waals surface area contributed by atoms with E-state index in [9.17, 15) is 4.79 Å². The summed E-state index contributed by atoms with van der Waals surface area (Å²) in [6, 6.07) is 9.35. The zero-order chi connectivity index (χ0) is 15.2. The molecule has 1 amide bonds. The standard InChI is InChI=1S/C16H22N4O/c1-13-3-5-14(6-4-13)15(18)16(21)20-11-9-19(10-12-20)8-2-7-17/h3-6,15H,2,8-12,18H2,1H3. The highest BCUT2D eigenvalue weighted by Gasteiger charge is 2.25. The fourth-order valence-electron chi connectivity index (χ4n) is 2.51. The lowest BCUT2D eigenvalue weighted by atomic mass is 10.0. The summed E-state index contributed by atoms with van der Waals surface area (Å²) in [4.78, 5) is 16.5. The molecule has 0 spiro atoms. The molecule has 1 aliphatic heterocycles. The van der Waals surface area contributed by atoms with Gasteiger partial charge in [-0.25, -0.2) is 0 Å². The van der Waals surface area contributed by atoms with E-state index in [2.05, 4.69) is 11.0 Å². The maximum absolute atomic E-state index is 12.4. The minimum Gasteiger partial charge on any atom is -0.338 e. The highest BCUT2D eigenvalue weighted by Crippen LogP contribution is 2.15. The Hall–Kier alpha value is -1.90. The molecule has 2 N–H and O–H groups in total. The molecular weight excluding hydrogens is 264 g/mol. The monoisotopic (exact) mass is 286 g/mol. The molecule has 1 aromatic rings. The fraction of sp³-hybridized carbons (Fsp3) is 0.500. The minimum atomic E-state index is -0.587. The highest BCUT2D eigenvalue weighted by atomic mass is 16.2. The lowest BCUT2D eigenvalue weighted by Crippen LogP contribution is -2.51. The second-order valence-electron chi connectivity index (χ2n) is 5.46. The van der Waals surface area contributed by atoms with Crippen LogP contribution in [0.3, 0.4) is 0 Å². The van der Waals surface area contributed by atoms with Gasteiger partial charge < -0.3 is 10.6 Å². The molecular formula is C16H22N4O. The number of piperazine rings is 1. The van der Waals surface area contributed by atoms with Crippen molar-refractivity contribution in [2.45, 2.75) is 19.4 Å². The Balaban J connectivity index is 1.89. The molecule has 1 saturated heterocycles. The molecule has 1 aromatic carbocycles. The van der Waals surface area contributed by atoms with E-state index in [1.807, 2.05) is 36.1 Å². The number of benzene rings is 1. The zero-order valence-electron chi connectivity index (χ0n) is 12.5. The summed E-state index contributed by atoms with van der Waals surface area (Å²) in [7, 11) is 0. The Kier molecular flexibility index (Phi) is 5.32. The van der Waals surface area contributed by atoms with Gasteiger partial charge >= 0.3 is 0 Å². The van der Waals surface area contributed by atoms with Crippen molar-refractivity contribution >= 4 is 5.91 Å². The third-order valence-corrected chi connectivity index (χ3v) is 3.93. The van der Waals surface area contributed by atoms with Crippen LogP contribution in [0.25, 0.3) is 0 Å². The molecule has 0 aliphatic carbocycles. The van der Waals surface area contributed by atoms with Crippen molar-refractivity contribution in [1.82, 2.24) is 9.80 Å². The van der Waals surface area contributed by atoms with Gasteiger partial charge in [0.15, 0.2) is 0 Å². The van der Waals surface area contributed by atoms with Crippen molar-refractivity contribution in [3.05, 3.63) is 35.4 Å². The number of carbonyl (C=O) groups excluding carboxylic acids is 1. The van der Waals surface area contributed by atoms with Crippen LogP contribution in [0.5, 0.6) is 0 Å². The van der Waals surface area contributed by atoms with Crippen molar-refractivity contribution in [2.75, 3.05) is 32.7 Å². The molecule has 0 saturated carbocycles. The molecule has 0 bridgehead atoms. The van der Waals surface area contributed by atoms with Crippen LogP contribution in [0, 0.1) is 18.3 Å². The Bertz CT molecular complexity index is 512. The molecule has 1 heterocycles. The first kappa shape index (κ1) is 15.5. The Morgan fingerprint density at radius 2 is 1.90 bits per heavy atom. The maximum atomic E-state index is 12.4. The van der Waals surface area contributed by atoms with Gasteiger partial charge in [0.2, 0.25) is 5.91 Å².